The number of likely N-dealkylation sites (tertiary alicyclic amines) is 1. The van der Waals surface area contributed by atoms with Gasteiger partial charge in [-0.05, 0) is 31.6 Å². The molecule has 1 saturated heterocycles. The zero-order valence-electron chi connectivity index (χ0n) is 9.83. The summed E-state index contributed by atoms with van der Waals surface area (Å²) in [4.78, 5) is 24.6. The lowest BCUT2D eigenvalue weighted by atomic mass is 9.77. The van der Waals surface area contributed by atoms with Crippen molar-refractivity contribution in [3.63, 3.8) is 0 Å². The number of ketones is 1. The molecule has 0 N–H and O–H groups in total. The molecule has 1 heterocycles. The van der Waals surface area contributed by atoms with Crippen molar-refractivity contribution in [2.75, 3.05) is 19.7 Å². The van der Waals surface area contributed by atoms with Crippen molar-refractivity contribution in [1.29, 1.82) is 0 Å². The van der Waals surface area contributed by atoms with Gasteiger partial charge in [0.25, 0.3) is 0 Å². The molecule has 90 valence electrons. The van der Waals surface area contributed by atoms with Crippen LogP contribution in [0, 0.1) is 5.41 Å². The van der Waals surface area contributed by atoms with Gasteiger partial charge in [0.05, 0.1) is 6.61 Å². The van der Waals surface area contributed by atoms with E-state index in [9.17, 15) is 9.59 Å². The van der Waals surface area contributed by atoms with Crippen LogP contribution in [0.1, 0.15) is 39.0 Å². The Balaban J connectivity index is 1.87. The van der Waals surface area contributed by atoms with E-state index >= 15 is 0 Å². The van der Waals surface area contributed by atoms with Crippen molar-refractivity contribution in [2.24, 2.45) is 5.41 Å². The third-order valence-electron chi connectivity index (χ3n) is 3.86. The Kier molecular flexibility index (Phi) is 3.17. The van der Waals surface area contributed by atoms with Crippen LogP contribution < -0.4 is 0 Å². The van der Waals surface area contributed by atoms with Gasteiger partial charge in [0.1, 0.15) is 5.78 Å². The van der Waals surface area contributed by atoms with Crippen molar-refractivity contribution >= 4 is 11.9 Å². The predicted molar refractivity (Wildman–Crippen MR) is 59.1 cm³/mol. The molecule has 0 atom stereocenters. The molecule has 16 heavy (non-hydrogen) atoms. The second-order valence-corrected chi connectivity index (χ2v) is 4.90. The molecule has 2 aliphatic rings. The van der Waals surface area contributed by atoms with Crippen LogP contribution in [-0.2, 0) is 9.53 Å². The Morgan fingerprint density at radius 1 is 1.38 bits per heavy atom. The van der Waals surface area contributed by atoms with Gasteiger partial charge in [0.15, 0.2) is 0 Å². The number of nitrogens with zero attached hydrogens (tertiary/aromatic N) is 1. The van der Waals surface area contributed by atoms with Crippen LogP contribution in [0.2, 0.25) is 0 Å². The lowest BCUT2D eigenvalue weighted by Gasteiger charge is -2.38. The second kappa shape index (κ2) is 4.44. The van der Waals surface area contributed by atoms with Gasteiger partial charge in [-0.15, -0.1) is 0 Å². The van der Waals surface area contributed by atoms with Crippen LogP contribution in [0.5, 0.6) is 0 Å². The Hall–Kier alpha value is -1.06. The highest BCUT2D eigenvalue weighted by molar-refractivity contribution is 5.81. The molecule has 0 aromatic heterocycles. The largest absolute Gasteiger partial charge is 0.450 e. The minimum atomic E-state index is -0.207. The average Bonchev–Trinajstić information content (AvgIpc) is 2.61. The van der Waals surface area contributed by atoms with Gasteiger partial charge in [-0.2, -0.15) is 0 Å². The maximum Gasteiger partial charge on any atom is 0.409 e. The molecule has 2 fully saturated rings. The first kappa shape index (κ1) is 11.4. The van der Waals surface area contributed by atoms with Gasteiger partial charge in [-0.3, -0.25) is 4.79 Å². The number of hydrogen-bond acceptors (Lipinski definition) is 3. The van der Waals surface area contributed by atoms with Gasteiger partial charge < -0.3 is 9.64 Å². The highest BCUT2D eigenvalue weighted by atomic mass is 16.6. The first-order valence-corrected chi connectivity index (χ1v) is 6.09. The predicted octanol–water partition coefficient (Wildman–Crippen LogP) is 1.98. The lowest BCUT2D eigenvalue weighted by Crippen LogP contribution is -2.42. The van der Waals surface area contributed by atoms with Gasteiger partial charge in [0.2, 0.25) is 0 Å². The second-order valence-electron chi connectivity index (χ2n) is 4.90. The van der Waals surface area contributed by atoms with Crippen LogP contribution in [0.3, 0.4) is 0 Å². The number of rotatable bonds is 1. The van der Waals surface area contributed by atoms with Gasteiger partial charge in [0, 0.05) is 25.9 Å². The number of Topliss-reactive ketones (excluding diaryl/α,β-unsaturated/α-hetero) is 1. The molecular weight excluding hydrogens is 206 g/mol. The van der Waals surface area contributed by atoms with Crippen LogP contribution in [0.4, 0.5) is 4.79 Å². The quantitative estimate of drug-likeness (QED) is 0.685. The summed E-state index contributed by atoms with van der Waals surface area (Å²) in [7, 11) is 0. The van der Waals surface area contributed by atoms with E-state index in [0.717, 1.165) is 45.2 Å². The number of amides is 1. The Morgan fingerprint density at radius 3 is 2.56 bits per heavy atom. The zero-order valence-corrected chi connectivity index (χ0v) is 9.83. The number of hydrogen-bond donors (Lipinski definition) is 0. The van der Waals surface area contributed by atoms with Crippen molar-refractivity contribution in [3.8, 4) is 0 Å². The SMILES string of the molecule is CCOC(=O)N1CCC2(CCC(=O)C2)CC1. The topological polar surface area (TPSA) is 46.6 Å². The summed E-state index contributed by atoms with van der Waals surface area (Å²) in [6, 6.07) is 0. The molecular formula is C12H19NO3. The summed E-state index contributed by atoms with van der Waals surface area (Å²) in [6.07, 6.45) is 4.18. The van der Waals surface area contributed by atoms with Crippen molar-refractivity contribution < 1.29 is 14.3 Å². The normalized spacial score (nSPS) is 23.8. The van der Waals surface area contributed by atoms with E-state index in [4.69, 9.17) is 4.74 Å². The van der Waals surface area contributed by atoms with Crippen molar-refractivity contribution in [1.82, 2.24) is 4.90 Å². The van der Waals surface area contributed by atoms with Crippen molar-refractivity contribution in [3.05, 3.63) is 0 Å². The number of carbonyl (C=O) groups is 2. The van der Waals surface area contributed by atoms with Crippen molar-refractivity contribution in [2.45, 2.75) is 39.0 Å². The highest BCUT2D eigenvalue weighted by Crippen LogP contribution is 2.44. The van der Waals surface area contributed by atoms with E-state index in [-0.39, 0.29) is 11.5 Å². The van der Waals surface area contributed by atoms with E-state index in [1.165, 1.54) is 0 Å². The van der Waals surface area contributed by atoms with E-state index in [1.54, 1.807) is 4.90 Å². The maximum atomic E-state index is 11.5. The lowest BCUT2D eigenvalue weighted by molar-refractivity contribution is -0.118. The maximum absolute atomic E-state index is 11.5. The molecule has 1 amide bonds. The van der Waals surface area contributed by atoms with Gasteiger partial charge in [-0.1, -0.05) is 0 Å². The fourth-order valence-electron chi connectivity index (χ4n) is 2.80. The average molecular weight is 225 g/mol. The Bertz CT molecular complexity index is 293. The summed E-state index contributed by atoms with van der Waals surface area (Å²) in [5.74, 6) is 0.393. The monoisotopic (exact) mass is 225 g/mol. The van der Waals surface area contributed by atoms with Crippen LogP contribution >= 0.6 is 0 Å². The molecule has 0 aromatic carbocycles. The Morgan fingerprint density at radius 2 is 2.06 bits per heavy atom. The fourth-order valence-corrected chi connectivity index (χ4v) is 2.80. The van der Waals surface area contributed by atoms with Crippen LogP contribution in [0.15, 0.2) is 0 Å². The third kappa shape index (κ3) is 2.20. The molecule has 4 nitrogen and oxygen atoms in total. The van der Waals surface area contributed by atoms with Gasteiger partial charge >= 0.3 is 6.09 Å². The molecule has 4 heteroatoms. The Labute approximate surface area is 95.9 Å². The fraction of sp³-hybridized carbons (Fsp3) is 0.833. The highest BCUT2D eigenvalue weighted by Gasteiger charge is 2.41. The summed E-state index contributed by atoms with van der Waals surface area (Å²) < 4.78 is 4.97. The van der Waals surface area contributed by atoms with E-state index in [2.05, 4.69) is 0 Å². The third-order valence-corrected chi connectivity index (χ3v) is 3.86. The molecule has 2 rings (SSSR count). The van der Waals surface area contributed by atoms with E-state index in [0.29, 0.717) is 12.4 Å². The zero-order chi connectivity index (χ0) is 11.6. The molecule has 0 unspecified atom stereocenters. The smallest absolute Gasteiger partial charge is 0.409 e. The summed E-state index contributed by atoms with van der Waals surface area (Å²) >= 11 is 0. The van der Waals surface area contributed by atoms with Crippen LogP contribution in [0.25, 0.3) is 0 Å². The number of carbonyl (C=O) groups excluding carboxylic acids is 2. The van der Waals surface area contributed by atoms with E-state index < -0.39 is 0 Å². The summed E-state index contributed by atoms with van der Waals surface area (Å²) in [6.45, 7) is 3.73. The van der Waals surface area contributed by atoms with E-state index in [1.807, 2.05) is 6.92 Å². The standard InChI is InChI=1S/C12H19NO3/c1-2-16-11(15)13-7-5-12(6-8-13)4-3-10(14)9-12/h2-9H2,1H3. The minimum Gasteiger partial charge on any atom is -0.450 e. The number of piperidine rings is 1. The molecule has 1 saturated carbocycles. The minimum absolute atomic E-state index is 0.207. The van der Waals surface area contributed by atoms with Gasteiger partial charge in [-0.25, -0.2) is 4.79 Å². The van der Waals surface area contributed by atoms with Crippen LogP contribution in [-0.4, -0.2) is 36.5 Å². The first-order valence-electron chi connectivity index (χ1n) is 6.09. The molecule has 1 spiro atoms. The number of ether oxygens (including phenoxy) is 1. The molecule has 0 bridgehead atoms. The molecule has 1 aliphatic carbocycles. The first-order chi connectivity index (χ1) is 7.65. The molecule has 0 aromatic rings. The summed E-state index contributed by atoms with van der Waals surface area (Å²) in [5.41, 5.74) is 0.208. The molecule has 1 aliphatic heterocycles. The summed E-state index contributed by atoms with van der Waals surface area (Å²) in [5, 5.41) is 0. The molecule has 0 radical (unpaired) electrons.